The molecule has 0 fully saturated rings. The van der Waals surface area contributed by atoms with E-state index in [0.29, 0.717) is 0 Å². The van der Waals surface area contributed by atoms with E-state index >= 15 is 0 Å². The van der Waals surface area contributed by atoms with E-state index < -0.39 is 33.3 Å². The Hall–Kier alpha value is -13.2. The van der Waals surface area contributed by atoms with Crippen molar-refractivity contribution in [2.24, 2.45) is 0 Å². The number of hydrogen-bond donors (Lipinski definition) is 0. The van der Waals surface area contributed by atoms with E-state index in [-0.39, 0.29) is 33.5 Å². The maximum Gasteiger partial charge on any atom is 0.264 e. The first-order chi connectivity index (χ1) is 69.3. The van der Waals surface area contributed by atoms with Crippen LogP contribution in [0.4, 0.5) is 0 Å². The zero-order valence-corrected chi connectivity index (χ0v) is 91.8. The molecule has 0 aliphatic heterocycles. The summed E-state index contributed by atoms with van der Waals surface area (Å²) < 4.78 is 33.8. The van der Waals surface area contributed by atoms with Gasteiger partial charge in [-0.05, 0) is 194 Å². The Kier molecular flexibility index (Phi) is 31.9. The molecule has 730 valence electrons. The van der Waals surface area contributed by atoms with Gasteiger partial charge in [-0.15, -0.1) is 0 Å². The molecule has 144 heavy (non-hydrogen) atoms. The van der Waals surface area contributed by atoms with Gasteiger partial charge in [-0.2, -0.15) is 0 Å². The van der Waals surface area contributed by atoms with Gasteiger partial charge < -0.3 is 17.7 Å². The fourth-order valence-corrected chi connectivity index (χ4v) is 39.3. The molecular formula is C136H146O4Si4. The molecule has 0 unspecified atom stereocenters. The molecule has 17 aromatic carbocycles. The zero-order valence-electron chi connectivity index (χ0n) is 87.8. The summed E-state index contributed by atoms with van der Waals surface area (Å²) >= 11 is 0. The summed E-state index contributed by atoms with van der Waals surface area (Å²) in [4.78, 5) is 0. The van der Waals surface area contributed by atoms with Crippen molar-refractivity contribution in [1.29, 1.82) is 0 Å². The summed E-state index contributed by atoms with van der Waals surface area (Å²) in [7, 11) is -11.8. The van der Waals surface area contributed by atoms with Crippen molar-refractivity contribution in [3.05, 3.63) is 581 Å². The lowest BCUT2D eigenvalue weighted by Gasteiger charge is -2.38. The maximum atomic E-state index is 8.44. The number of benzene rings is 17. The van der Waals surface area contributed by atoms with E-state index in [0.717, 1.165) is 118 Å². The topological polar surface area (TPSA) is 36.9 Å². The van der Waals surface area contributed by atoms with Crippen LogP contribution in [0.15, 0.2) is 437 Å². The van der Waals surface area contributed by atoms with E-state index in [1.807, 2.05) is 0 Å². The summed E-state index contributed by atoms with van der Waals surface area (Å²) in [6.45, 7) is 38.2. The average Bonchev–Trinajstić information content (AvgIpc) is 0.743. The summed E-state index contributed by atoms with van der Waals surface area (Å²) in [6, 6.07) is 174. The highest BCUT2D eigenvalue weighted by Gasteiger charge is 2.46. The first-order valence-electron chi connectivity index (χ1n) is 52.2. The first-order valence-corrected chi connectivity index (χ1v) is 62.3. The van der Waals surface area contributed by atoms with Crippen LogP contribution in [-0.4, -0.2) is 33.3 Å². The Labute approximate surface area is 865 Å². The third-order valence-corrected chi connectivity index (χ3v) is 44.2. The normalized spacial score (nSPS) is 12.3. The first kappa shape index (κ1) is 102. The zero-order chi connectivity index (χ0) is 101. The monoisotopic (exact) mass is 1960 g/mol. The van der Waals surface area contributed by atoms with Crippen molar-refractivity contribution in [3.63, 3.8) is 0 Å². The molecule has 4 nitrogen and oxygen atoms in total. The van der Waals surface area contributed by atoms with Crippen LogP contribution in [0, 0.1) is 27.7 Å². The van der Waals surface area contributed by atoms with Gasteiger partial charge in [-0.3, -0.25) is 0 Å². The van der Waals surface area contributed by atoms with Crippen LogP contribution in [0.2, 0.25) is 0 Å². The minimum atomic E-state index is -2.96. The molecule has 0 aromatic heterocycles. The van der Waals surface area contributed by atoms with Gasteiger partial charge in [0.25, 0.3) is 33.3 Å². The molecule has 0 saturated heterocycles. The number of rotatable bonds is 38. The van der Waals surface area contributed by atoms with Crippen LogP contribution in [0.1, 0.15) is 240 Å². The van der Waals surface area contributed by atoms with Crippen LogP contribution < -0.4 is 17.7 Å². The summed E-state index contributed by atoms with van der Waals surface area (Å²) in [5.74, 6) is 3.44. The van der Waals surface area contributed by atoms with Crippen molar-refractivity contribution in [2.75, 3.05) is 0 Å². The Morgan fingerprint density at radius 1 is 0.160 bits per heavy atom. The third kappa shape index (κ3) is 25.9. The van der Waals surface area contributed by atoms with Crippen molar-refractivity contribution in [2.45, 2.75) is 217 Å². The SMILES string of the molecule is Cc1cc(C(c2ccc(C(c3cc(C)c(O[Si](Cc4ccccc4)(Cc4ccccc4)Cc4ccccc4)c(C(C)(C)C)c3)c3cc(C)c(O[Si](Cc4ccccc4)(Cc4ccccc4)Cc4ccccc4)c(C(C)(C)C)c3)cc2)c2cc(C)c(O[Si](Cc3ccccc3)(Cc3ccccc3)Cc3ccccc3)c(C(C)(C)C)c2)cc(C(C)(C)C)c1O[Si](Cc1ccccc1)(Cc1ccccc1)Cc1ccccc1. The molecule has 8 heteroatoms. The van der Waals surface area contributed by atoms with Gasteiger partial charge in [0, 0.05) is 84.4 Å². The molecule has 0 spiro atoms. The van der Waals surface area contributed by atoms with E-state index in [1.54, 1.807) is 0 Å². The highest BCUT2D eigenvalue weighted by Crippen LogP contribution is 2.51. The molecule has 0 saturated carbocycles. The Morgan fingerprint density at radius 2 is 0.278 bits per heavy atom. The van der Waals surface area contributed by atoms with Crippen LogP contribution in [0.3, 0.4) is 0 Å². The Balaban J connectivity index is 0.897. The average molecular weight is 1960 g/mol. The van der Waals surface area contributed by atoms with Gasteiger partial charge >= 0.3 is 0 Å². The second-order valence-electron chi connectivity index (χ2n) is 45.5. The second kappa shape index (κ2) is 45.0. The molecule has 0 bridgehead atoms. The molecule has 0 radical (unpaired) electrons. The molecule has 0 heterocycles. The summed E-state index contributed by atoms with van der Waals surface area (Å²) in [6.07, 6.45) is 0. The molecule has 0 N–H and O–H groups in total. The van der Waals surface area contributed by atoms with Crippen molar-refractivity contribution < 1.29 is 17.7 Å². The van der Waals surface area contributed by atoms with Gasteiger partial charge in [0.1, 0.15) is 23.0 Å². The van der Waals surface area contributed by atoms with Crippen LogP contribution >= 0.6 is 0 Å². The van der Waals surface area contributed by atoms with Gasteiger partial charge in [-0.25, -0.2) is 0 Å². The molecule has 17 aromatic rings. The molecular weight excluding hydrogens is 1810 g/mol. The fraction of sp³-hybridized carbons (Fsp3) is 0.250. The standard InChI is InChI=1S/C136H146O4Si4/c1-101-81-119(85-123(133(5,6)7)129(101)137-141(89-105-53-29-17-30-54-105,90-106-55-31-18-32-56-106)91-107-57-33-19-34-58-107)127(120-82-102(2)130(124(86-120)134(8,9)10)138-142(92-108-59-35-20-36-60-108,93-109-61-37-21-38-62-109)94-110-63-39-22-40-64-110)117-77-79-118(80-78-117)128(121-83-103(3)131(125(87-121)135(11,12)13)139-143(95-111-65-41-23-42-66-111,96-112-67-43-24-44-68-112)97-113-69-45-25-46-70-113)122-84-104(4)132(126(88-122)136(14,15)16)140-144(98-114-71-47-26-48-72-114,99-115-73-49-27-50-74-115)100-116-75-51-28-52-76-116/h17-88,127-128H,89-100H2,1-16H3. The molecule has 0 amide bonds. The van der Waals surface area contributed by atoms with E-state index in [4.69, 9.17) is 17.7 Å². The Bertz CT molecular complexity index is 5790. The molecule has 0 atom stereocenters. The lowest BCUT2D eigenvalue weighted by atomic mass is 9.75. The second-order valence-corrected chi connectivity index (χ2v) is 60.0. The summed E-state index contributed by atoms with van der Waals surface area (Å²) in [5, 5.41) is 0. The van der Waals surface area contributed by atoms with Gasteiger partial charge in [0.2, 0.25) is 0 Å². The molecule has 17 rings (SSSR count). The fourth-order valence-electron chi connectivity index (χ4n) is 22.3. The van der Waals surface area contributed by atoms with Crippen molar-refractivity contribution in [1.82, 2.24) is 0 Å². The third-order valence-electron chi connectivity index (χ3n) is 29.1. The minimum absolute atomic E-state index is 0.281. The quantitative estimate of drug-likeness (QED) is 0.0285. The lowest BCUT2D eigenvalue weighted by molar-refractivity contribution is 0.482. The summed E-state index contributed by atoms with van der Waals surface area (Å²) in [5.41, 5.74) is 30.6. The van der Waals surface area contributed by atoms with Gasteiger partial charge in [-0.1, -0.05) is 520 Å². The lowest BCUT2D eigenvalue weighted by Crippen LogP contribution is -2.51. The highest BCUT2D eigenvalue weighted by atomic mass is 28.4. The minimum Gasteiger partial charge on any atom is -0.542 e. The Morgan fingerprint density at radius 3 is 0.389 bits per heavy atom. The smallest absolute Gasteiger partial charge is 0.264 e. The number of aryl methyl sites for hydroxylation is 4. The van der Waals surface area contributed by atoms with E-state index in [1.165, 1.54) is 122 Å². The largest absolute Gasteiger partial charge is 0.542 e. The van der Waals surface area contributed by atoms with Crippen molar-refractivity contribution in [3.8, 4) is 23.0 Å². The van der Waals surface area contributed by atoms with E-state index in [9.17, 15) is 0 Å². The predicted molar refractivity (Wildman–Crippen MR) is 615 cm³/mol. The molecule has 0 aliphatic rings. The van der Waals surface area contributed by atoms with Crippen LogP contribution in [-0.2, 0) is 94.2 Å². The van der Waals surface area contributed by atoms with Crippen molar-refractivity contribution >= 4 is 33.3 Å². The predicted octanol–water partition coefficient (Wildman–Crippen LogP) is 33.2. The number of hydrogen-bond acceptors (Lipinski definition) is 4. The van der Waals surface area contributed by atoms with Gasteiger partial charge in [0.15, 0.2) is 0 Å². The van der Waals surface area contributed by atoms with Crippen LogP contribution in [0.25, 0.3) is 0 Å². The van der Waals surface area contributed by atoms with Crippen LogP contribution in [0.5, 0.6) is 23.0 Å². The van der Waals surface area contributed by atoms with E-state index in [2.05, 4.69) is 548 Å². The molecule has 0 aliphatic carbocycles. The van der Waals surface area contributed by atoms with Gasteiger partial charge in [0.05, 0.1) is 0 Å². The highest BCUT2D eigenvalue weighted by molar-refractivity contribution is 6.74. The maximum absolute atomic E-state index is 8.44.